The molecule has 1 unspecified atom stereocenters. The standard InChI is InChI=1S/C8H9NO2/c10-5-6-3-4-9-7(6)1-2-8(9)11/h3,5,7H,1-2,4H2. The Bertz CT molecular complexity index is 244. The molecule has 0 radical (unpaired) electrons. The summed E-state index contributed by atoms with van der Waals surface area (Å²) in [7, 11) is 0. The van der Waals surface area contributed by atoms with E-state index in [-0.39, 0.29) is 11.9 Å². The Labute approximate surface area is 64.7 Å². The summed E-state index contributed by atoms with van der Waals surface area (Å²) in [6.45, 7) is 0.636. The molecule has 58 valence electrons. The van der Waals surface area contributed by atoms with Crippen LogP contribution in [0.4, 0.5) is 0 Å². The van der Waals surface area contributed by atoms with Gasteiger partial charge in [0, 0.05) is 18.5 Å². The van der Waals surface area contributed by atoms with Gasteiger partial charge in [0.05, 0.1) is 6.04 Å². The van der Waals surface area contributed by atoms with Crippen molar-refractivity contribution in [1.82, 2.24) is 4.90 Å². The van der Waals surface area contributed by atoms with Crippen molar-refractivity contribution in [3.63, 3.8) is 0 Å². The number of nitrogens with zero attached hydrogens (tertiary/aromatic N) is 1. The third-order valence-corrected chi connectivity index (χ3v) is 2.37. The van der Waals surface area contributed by atoms with Crippen LogP contribution >= 0.6 is 0 Å². The van der Waals surface area contributed by atoms with Crippen molar-refractivity contribution in [3.8, 4) is 0 Å². The monoisotopic (exact) mass is 151 g/mol. The molecule has 2 rings (SSSR count). The Balaban J connectivity index is 2.23. The summed E-state index contributed by atoms with van der Waals surface area (Å²) in [5, 5.41) is 0. The summed E-state index contributed by atoms with van der Waals surface area (Å²) in [4.78, 5) is 23.3. The highest BCUT2D eigenvalue weighted by molar-refractivity contribution is 5.85. The van der Waals surface area contributed by atoms with Gasteiger partial charge in [-0.1, -0.05) is 6.08 Å². The van der Waals surface area contributed by atoms with Gasteiger partial charge in [0.1, 0.15) is 6.29 Å². The van der Waals surface area contributed by atoms with E-state index in [9.17, 15) is 9.59 Å². The first kappa shape index (κ1) is 6.58. The van der Waals surface area contributed by atoms with Crippen molar-refractivity contribution in [1.29, 1.82) is 0 Å². The van der Waals surface area contributed by atoms with Gasteiger partial charge in [-0.05, 0) is 6.42 Å². The topological polar surface area (TPSA) is 37.4 Å². The van der Waals surface area contributed by atoms with Crippen molar-refractivity contribution < 1.29 is 9.59 Å². The predicted octanol–water partition coefficient (Wildman–Crippen LogP) is 0.116. The number of hydrogen-bond donors (Lipinski definition) is 0. The van der Waals surface area contributed by atoms with Crippen molar-refractivity contribution in [2.75, 3.05) is 6.54 Å². The lowest BCUT2D eigenvalue weighted by molar-refractivity contribution is -0.127. The maximum absolute atomic E-state index is 11.1. The van der Waals surface area contributed by atoms with E-state index in [4.69, 9.17) is 0 Å². The average Bonchev–Trinajstić information content (AvgIpc) is 2.53. The zero-order valence-corrected chi connectivity index (χ0v) is 6.12. The van der Waals surface area contributed by atoms with Crippen LogP contribution in [0.15, 0.2) is 11.6 Å². The quantitative estimate of drug-likeness (QED) is 0.499. The molecule has 2 heterocycles. The van der Waals surface area contributed by atoms with Gasteiger partial charge < -0.3 is 4.90 Å². The van der Waals surface area contributed by atoms with E-state index >= 15 is 0 Å². The van der Waals surface area contributed by atoms with Crippen LogP contribution < -0.4 is 0 Å². The molecule has 0 saturated carbocycles. The van der Waals surface area contributed by atoms with E-state index < -0.39 is 0 Å². The second-order valence-corrected chi connectivity index (χ2v) is 2.92. The lowest BCUT2D eigenvalue weighted by Crippen LogP contribution is -2.29. The van der Waals surface area contributed by atoms with Crippen molar-refractivity contribution >= 4 is 12.2 Å². The zero-order valence-electron chi connectivity index (χ0n) is 6.12. The molecule has 0 spiro atoms. The summed E-state index contributed by atoms with van der Waals surface area (Å²) < 4.78 is 0. The maximum Gasteiger partial charge on any atom is 0.223 e. The molecule has 2 aliphatic heterocycles. The average molecular weight is 151 g/mol. The minimum absolute atomic E-state index is 0.111. The molecule has 0 aliphatic carbocycles. The van der Waals surface area contributed by atoms with Gasteiger partial charge in [-0.3, -0.25) is 9.59 Å². The first-order valence-corrected chi connectivity index (χ1v) is 3.77. The third-order valence-electron chi connectivity index (χ3n) is 2.37. The highest BCUT2D eigenvalue weighted by atomic mass is 16.2. The molecular weight excluding hydrogens is 142 g/mol. The molecule has 1 fully saturated rings. The number of fused-ring (bicyclic) bond motifs is 1. The minimum atomic E-state index is 0.111. The van der Waals surface area contributed by atoms with Crippen molar-refractivity contribution in [2.24, 2.45) is 0 Å². The minimum Gasteiger partial charge on any atom is -0.332 e. The number of hydrogen-bond acceptors (Lipinski definition) is 2. The molecule has 0 N–H and O–H groups in total. The molecule has 0 aromatic carbocycles. The van der Waals surface area contributed by atoms with Gasteiger partial charge in [0.15, 0.2) is 0 Å². The fraction of sp³-hybridized carbons (Fsp3) is 0.500. The summed E-state index contributed by atoms with van der Waals surface area (Å²) in [6, 6.07) is 0.111. The molecule has 2 aliphatic rings. The molecule has 3 heteroatoms. The molecule has 11 heavy (non-hydrogen) atoms. The highest BCUT2D eigenvalue weighted by Crippen LogP contribution is 2.27. The fourth-order valence-electron chi connectivity index (χ4n) is 1.78. The molecule has 0 aromatic rings. The van der Waals surface area contributed by atoms with Crippen LogP contribution in [-0.2, 0) is 9.59 Å². The summed E-state index contributed by atoms with van der Waals surface area (Å²) in [5.74, 6) is 0.183. The van der Waals surface area contributed by atoms with Gasteiger partial charge in [-0.25, -0.2) is 0 Å². The molecule has 1 atom stereocenters. The number of aldehydes is 1. The van der Waals surface area contributed by atoms with Crippen LogP contribution in [0.1, 0.15) is 12.8 Å². The third kappa shape index (κ3) is 0.803. The Morgan fingerprint density at radius 1 is 1.64 bits per heavy atom. The highest BCUT2D eigenvalue weighted by Gasteiger charge is 2.35. The van der Waals surface area contributed by atoms with E-state index in [1.165, 1.54) is 0 Å². The van der Waals surface area contributed by atoms with Crippen LogP contribution in [0.2, 0.25) is 0 Å². The molecule has 1 amide bonds. The maximum atomic E-state index is 11.1. The summed E-state index contributed by atoms with van der Waals surface area (Å²) in [6.07, 6.45) is 4.14. The molecule has 0 aromatic heterocycles. The summed E-state index contributed by atoms with van der Waals surface area (Å²) in [5.41, 5.74) is 0.788. The Kier molecular flexibility index (Phi) is 1.31. The summed E-state index contributed by atoms with van der Waals surface area (Å²) >= 11 is 0. The zero-order chi connectivity index (χ0) is 7.84. The Morgan fingerprint density at radius 3 is 3.18 bits per heavy atom. The molecule has 0 bridgehead atoms. The van der Waals surface area contributed by atoms with Gasteiger partial charge >= 0.3 is 0 Å². The Hall–Kier alpha value is -1.12. The second kappa shape index (κ2) is 2.19. The van der Waals surface area contributed by atoms with E-state index in [1.54, 1.807) is 4.90 Å². The van der Waals surface area contributed by atoms with Crippen molar-refractivity contribution in [2.45, 2.75) is 18.9 Å². The lowest BCUT2D eigenvalue weighted by Gasteiger charge is -2.15. The number of carbonyl (C=O) groups excluding carboxylic acids is 2. The van der Waals surface area contributed by atoms with E-state index in [2.05, 4.69) is 0 Å². The second-order valence-electron chi connectivity index (χ2n) is 2.92. The normalized spacial score (nSPS) is 28.7. The van der Waals surface area contributed by atoms with Crippen LogP contribution in [0, 0.1) is 0 Å². The fourth-order valence-corrected chi connectivity index (χ4v) is 1.78. The largest absolute Gasteiger partial charge is 0.332 e. The van der Waals surface area contributed by atoms with Gasteiger partial charge in [0.25, 0.3) is 0 Å². The molecule has 3 nitrogen and oxygen atoms in total. The van der Waals surface area contributed by atoms with Gasteiger partial charge in [-0.2, -0.15) is 0 Å². The van der Waals surface area contributed by atoms with Crippen LogP contribution in [0.25, 0.3) is 0 Å². The van der Waals surface area contributed by atoms with Crippen LogP contribution in [0.5, 0.6) is 0 Å². The smallest absolute Gasteiger partial charge is 0.223 e. The van der Waals surface area contributed by atoms with Crippen LogP contribution in [0.3, 0.4) is 0 Å². The van der Waals surface area contributed by atoms with Crippen LogP contribution in [-0.4, -0.2) is 29.7 Å². The van der Waals surface area contributed by atoms with E-state index in [1.807, 2.05) is 6.08 Å². The van der Waals surface area contributed by atoms with E-state index in [0.29, 0.717) is 13.0 Å². The number of carbonyl (C=O) groups is 2. The van der Waals surface area contributed by atoms with Gasteiger partial charge in [0.2, 0.25) is 5.91 Å². The predicted molar refractivity (Wildman–Crippen MR) is 38.9 cm³/mol. The lowest BCUT2D eigenvalue weighted by atomic mass is 10.1. The molecular formula is C8H9NO2. The molecule has 1 saturated heterocycles. The first-order chi connectivity index (χ1) is 5.33. The number of rotatable bonds is 1. The SMILES string of the molecule is O=CC1=CCN2C(=O)CCC12. The Morgan fingerprint density at radius 2 is 2.45 bits per heavy atom. The van der Waals surface area contributed by atoms with E-state index in [0.717, 1.165) is 18.3 Å². The first-order valence-electron chi connectivity index (χ1n) is 3.77. The van der Waals surface area contributed by atoms with Gasteiger partial charge in [-0.15, -0.1) is 0 Å². The van der Waals surface area contributed by atoms with Crippen molar-refractivity contribution in [3.05, 3.63) is 11.6 Å². The number of amides is 1.